The molecule has 4 atom stereocenters. The molecular weight excluding hydrogens is 344 g/mol. The summed E-state index contributed by atoms with van der Waals surface area (Å²) in [4.78, 5) is 11.3. The molecule has 8 nitrogen and oxygen atoms in total. The molecule has 1 aromatic carbocycles. The maximum Gasteiger partial charge on any atom is 0.170 e. The van der Waals surface area contributed by atoms with E-state index in [1.807, 2.05) is 36.4 Å². The van der Waals surface area contributed by atoms with E-state index in [2.05, 4.69) is 0 Å². The molecule has 0 fully saturated rings. The lowest BCUT2D eigenvalue weighted by atomic mass is 9.76. The molecule has 0 amide bonds. The van der Waals surface area contributed by atoms with Crippen molar-refractivity contribution in [1.29, 1.82) is 0 Å². The predicted molar refractivity (Wildman–Crippen MR) is 88.9 cm³/mol. The third kappa shape index (κ3) is 3.68. The maximum atomic E-state index is 9.43. The minimum Gasteiger partial charge on any atom is -0.394 e. The van der Waals surface area contributed by atoms with E-state index in [0.717, 1.165) is 11.1 Å². The summed E-state index contributed by atoms with van der Waals surface area (Å²) in [5, 5.41) is 36.6. The smallest absolute Gasteiger partial charge is 0.170 e. The molecule has 0 saturated heterocycles. The minimum absolute atomic E-state index is 0.0229. The quantitative estimate of drug-likeness (QED) is 0.318. The largest absolute Gasteiger partial charge is 0.394 e. The second-order valence-electron chi connectivity index (χ2n) is 6.53. The van der Waals surface area contributed by atoms with Crippen LogP contribution in [0.5, 0.6) is 0 Å². The molecule has 144 valence electrons. The van der Waals surface area contributed by atoms with Crippen molar-refractivity contribution in [3.63, 3.8) is 0 Å². The number of hydrogen-bond acceptors (Lipinski definition) is 8. The highest BCUT2D eigenvalue weighted by Crippen LogP contribution is 2.49. The van der Waals surface area contributed by atoms with Crippen molar-refractivity contribution in [2.45, 2.75) is 23.4 Å². The van der Waals surface area contributed by atoms with E-state index in [9.17, 15) is 10.2 Å². The van der Waals surface area contributed by atoms with Crippen LogP contribution in [-0.2, 0) is 30.5 Å². The fourth-order valence-electron chi connectivity index (χ4n) is 3.06. The first kappa shape index (κ1) is 19.4. The summed E-state index contributed by atoms with van der Waals surface area (Å²) in [6.45, 7) is -0.584. The summed E-state index contributed by atoms with van der Waals surface area (Å²) in [5.74, 6) is 0. The number of rotatable bonds is 10. The normalized spacial score (nSPS) is 28.8. The van der Waals surface area contributed by atoms with Crippen LogP contribution in [0.4, 0.5) is 0 Å². The highest BCUT2D eigenvalue weighted by Gasteiger charge is 2.52. The van der Waals surface area contributed by atoms with Gasteiger partial charge in [-0.15, -0.1) is 0 Å². The predicted octanol–water partition coefficient (Wildman–Crippen LogP) is -0.652. The van der Waals surface area contributed by atoms with E-state index >= 15 is 0 Å². The molecule has 8 heteroatoms. The molecule has 1 aromatic rings. The number of fused-ring (bicyclic) bond motifs is 1. The fraction of sp³-hybridized carbons (Fsp3) is 0.556. The lowest BCUT2D eigenvalue weighted by Gasteiger charge is -2.47. The van der Waals surface area contributed by atoms with Gasteiger partial charge in [0.1, 0.15) is 12.2 Å². The summed E-state index contributed by atoms with van der Waals surface area (Å²) in [6, 6.07) is 7.57. The molecule has 0 spiro atoms. The Kier molecular flexibility index (Phi) is 6.06. The van der Waals surface area contributed by atoms with E-state index in [-0.39, 0.29) is 39.6 Å². The Morgan fingerprint density at radius 1 is 0.808 bits per heavy atom. The van der Waals surface area contributed by atoms with Gasteiger partial charge < -0.3 is 29.9 Å². The Balaban J connectivity index is 1.76. The zero-order chi connectivity index (χ0) is 18.6. The second-order valence-corrected chi connectivity index (χ2v) is 6.53. The van der Waals surface area contributed by atoms with Crippen LogP contribution < -0.4 is 0 Å². The third-order valence-corrected chi connectivity index (χ3v) is 4.47. The van der Waals surface area contributed by atoms with Gasteiger partial charge in [-0.25, -0.2) is 9.78 Å². The van der Waals surface area contributed by atoms with Gasteiger partial charge in [-0.3, -0.25) is 0 Å². The summed E-state index contributed by atoms with van der Waals surface area (Å²) >= 11 is 0. The summed E-state index contributed by atoms with van der Waals surface area (Å²) in [7, 11) is 0. The fourth-order valence-corrected chi connectivity index (χ4v) is 3.06. The van der Waals surface area contributed by atoms with Crippen molar-refractivity contribution in [3.05, 3.63) is 47.5 Å². The van der Waals surface area contributed by atoms with Crippen LogP contribution in [0.3, 0.4) is 0 Å². The molecule has 2 bridgehead atoms. The lowest BCUT2D eigenvalue weighted by Crippen LogP contribution is -2.51. The van der Waals surface area contributed by atoms with Crippen LogP contribution >= 0.6 is 0 Å². The van der Waals surface area contributed by atoms with Crippen LogP contribution in [-0.4, -0.2) is 72.3 Å². The van der Waals surface area contributed by atoms with Gasteiger partial charge in [0.2, 0.25) is 0 Å². The maximum absolute atomic E-state index is 9.43. The van der Waals surface area contributed by atoms with Crippen molar-refractivity contribution in [2.24, 2.45) is 0 Å². The number of ether oxygens (including phenoxy) is 2. The molecule has 3 aliphatic rings. The number of aliphatic hydroxyl groups is 4. The average molecular weight is 368 g/mol. The molecule has 4 N–H and O–H groups in total. The van der Waals surface area contributed by atoms with Crippen molar-refractivity contribution >= 4 is 0 Å². The number of aliphatic hydroxyl groups excluding tert-OH is 4. The van der Waals surface area contributed by atoms with Crippen LogP contribution in [0.2, 0.25) is 0 Å². The van der Waals surface area contributed by atoms with E-state index in [1.165, 1.54) is 0 Å². The molecule has 0 aromatic heterocycles. The van der Waals surface area contributed by atoms with Gasteiger partial charge in [0, 0.05) is 0 Å². The van der Waals surface area contributed by atoms with Crippen molar-refractivity contribution in [1.82, 2.24) is 0 Å². The monoisotopic (exact) mass is 368 g/mol. The standard InChI is InChI=1S/C18H24O8/c19-7-13(21)9-23-11-17-5-6-18(26-25-17,12-24-10-14(22)8-20)16-4-2-1-3-15(16)17/h1-6,13-14,19-22H,7-12H2. The molecule has 26 heavy (non-hydrogen) atoms. The summed E-state index contributed by atoms with van der Waals surface area (Å²) in [5.41, 5.74) is -0.173. The van der Waals surface area contributed by atoms with E-state index < -0.39 is 23.4 Å². The molecule has 0 radical (unpaired) electrons. The number of hydrogen-bond donors (Lipinski definition) is 4. The van der Waals surface area contributed by atoms with Gasteiger partial charge in [-0.05, 0) is 23.3 Å². The molecule has 4 unspecified atom stereocenters. The minimum atomic E-state index is -0.954. The molecule has 2 heterocycles. The Bertz CT molecular complexity index is 582. The Morgan fingerprint density at radius 2 is 1.23 bits per heavy atom. The van der Waals surface area contributed by atoms with Gasteiger partial charge in [-0.2, -0.15) is 0 Å². The zero-order valence-corrected chi connectivity index (χ0v) is 14.3. The first-order valence-electron chi connectivity index (χ1n) is 8.46. The highest BCUT2D eigenvalue weighted by atomic mass is 17.2. The summed E-state index contributed by atoms with van der Waals surface area (Å²) in [6.07, 6.45) is 1.75. The van der Waals surface area contributed by atoms with Crippen molar-refractivity contribution < 1.29 is 39.7 Å². The Labute approximate surface area is 151 Å². The second kappa shape index (κ2) is 8.12. The average Bonchev–Trinajstić information content (AvgIpc) is 2.69. The van der Waals surface area contributed by atoms with Gasteiger partial charge in [0.05, 0.1) is 39.6 Å². The first-order chi connectivity index (χ1) is 12.6. The molecule has 0 saturated carbocycles. The van der Waals surface area contributed by atoms with Crippen LogP contribution in [0, 0.1) is 0 Å². The van der Waals surface area contributed by atoms with E-state index in [1.54, 1.807) is 0 Å². The van der Waals surface area contributed by atoms with E-state index in [4.69, 9.17) is 29.5 Å². The van der Waals surface area contributed by atoms with Crippen LogP contribution in [0.15, 0.2) is 36.4 Å². The Morgan fingerprint density at radius 3 is 1.58 bits per heavy atom. The molecule has 1 aliphatic carbocycles. The van der Waals surface area contributed by atoms with Gasteiger partial charge in [0.25, 0.3) is 0 Å². The van der Waals surface area contributed by atoms with Crippen molar-refractivity contribution in [2.75, 3.05) is 39.6 Å². The van der Waals surface area contributed by atoms with Crippen LogP contribution in [0.25, 0.3) is 0 Å². The molecular formula is C18H24O8. The first-order valence-corrected chi connectivity index (χ1v) is 8.46. The highest BCUT2D eigenvalue weighted by molar-refractivity contribution is 5.47. The van der Waals surface area contributed by atoms with Gasteiger partial charge in [-0.1, -0.05) is 24.3 Å². The van der Waals surface area contributed by atoms with Gasteiger partial charge in [0.15, 0.2) is 11.2 Å². The van der Waals surface area contributed by atoms with Gasteiger partial charge >= 0.3 is 0 Å². The topological polar surface area (TPSA) is 118 Å². The van der Waals surface area contributed by atoms with Crippen molar-refractivity contribution in [3.8, 4) is 0 Å². The lowest BCUT2D eigenvalue weighted by molar-refractivity contribution is -0.433. The number of benzene rings is 1. The summed E-state index contributed by atoms with van der Waals surface area (Å²) < 4.78 is 11.0. The molecule has 4 rings (SSSR count). The Hall–Kier alpha value is -1.36. The zero-order valence-electron chi connectivity index (χ0n) is 14.3. The van der Waals surface area contributed by atoms with Crippen LogP contribution in [0.1, 0.15) is 11.1 Å². The third-order valence-electron chi connectivity index (χ3n) is 4.47. The van der Waals surface area contributed by atoms with E-state index in [0.29, 0.717) is 0 Å². The molecule has 2 aliphatic heterocycles. The SMILES string of the molecule is OCC(O)COCC12C=CC(COCC(O)CO)(OO1)c1ccccc12.